The number of halogens is 1. The van der Waals surface area contributed by atoms with Gasteiger partial charge in [0.15, 0.2) is 0 Å². The fourth-order valence-corrected chi connectivity index (χ4v) is 2.05. The van der Waals surface area contributed by atoms with E-state index in [0.29, 0.717) is 22.0 Å². The van der Waals surface area contributed by atoms with Gasteiger partial charge in [0.05, 0.1) is 19.2 Å². The standard InChI is InChI=1S/C15H14ClNO3/c1-20-14-7-6-11(16)9-13(14)17-12-5-3-2-4-10(12)8-15(18)19/h2-7,9,17H,8H2,1H3,(H,18,19). The molecule has 0 aliphatic carbocycles. The Kier molecular flexibility index (Phi) is 4.48. The number of ether oxygens (including phenoxy) is 1. The number of anilines is 2. The van der Waals surface area contributed by atoms with Gasteiger partial charge in [-0.3, -0.25) is 4.79 Å². The summed E-state index contributed by atoms with van der Waals surface area (Å²) in [5.41, 5.74) is 2.11. The molecule has 0 heterocycles. The Bertz CT molecular complexity index is 628. The molecule has 2 aromatic carbocycles. The number of para-hydroxylation sites is 1. The van der Waals surface area contributed by atoms with E-state index in [2.05, 4.69) is 5.32 Å². The van der Waals surface area contributed by atoms with Crippen molar-refractivity contribution in [3.8, 4) is 5.75 Å². The zero-order valence-electron chi connectivity index (χ0n) is 10.9. The Morgan fingerprint density at radius 3 is 2.70 bits per heavy atom. The van der Waals surface area contributed by atoms with Gasteiger partial charge >= 0.3 is 5.97 Å². The van der Waals surface area contributed by atoms with Crippen molar-refractivity contribution in [1.82, 2.24) is 0 Å². The molecule has 0 aliphatic rings. The second-order valence-corrected chi connectivity index (χ2v) is 4.63. The Morgan fingerprint density at radius 2 is 2.00 bits per heavy atom. The van der Waals surface area contributed by atoms with E-state index in [1.165, 1.54) is 0 Å². The highest BCUT2D eigenvalue weighted by atomic mass is 35.5. The summed E-state index contributed by atoms with van der Waals surface area (Å²) < 4.78 is 5.26. The van der Waals surface area contributed by atoms with Gasteiger partial charge in [0.1, 0.15) is 5.75 Å². The fraction of sp³-hybridized carbons (Fsp3) is 0.133. The predicted molar refractivity (Wildman–Crippen MR) is 79.1 cm³/mol. The lowest BCUT2D eigenvalue weighted by Crippen LogP contribution is -2.04. The first-order chi connectivity index (χ1) is 9.60. The van der Waals surface area contributed by atoms with Crippen molar-refractivity contribution in [2.45, 2.75) is 6.42 Å². The van der Waals surface area contributed by atoms with E-state index < -0.39 is 5.97 Å². The van der Waals surface area contributed by atoms with E-state index in [4.69, 9.17) is 21.4 Å². The van der Waals surface area contributed by atoms with Gasteiger partial charge in [0.25, 0.3) is 0 Å². The van der Waals surface area contributed by atoms with Gasteiger partial charge in [-0.05, 0) is 29.8 Å². The third-order valence-electron chi connectivity index (χ3n) is 2.79. The third-order valence-corrected chi connectivity index (χ3v) is 3.03. The maximum Gasteiger partial charge on any atom is 0.307 e. The highest BCUT2D eigenvalue weighted by Crippen LogP contribution is 2.31. The normalized spacial score (nSPS) is 10.1. The molecular formula is C15H14ClNO3. The molecule has 2 aromatic rings. The number of aliphatic carboxylic acids is 1. The van der Waals surface area contributed by atoms with E-state index in [1.54, 1.807) is 37.4 Å². The molecule has 0 atom stereocenters. The summed E-state index contributed by atoms with van der Waals surface area (Å²) in [5.74, 6) is -0.239. The van der Waals surface area contributed by atoms with Gasteiger partial charge in [-0.1, -0.05) is 29.8 Å². The molecule has 0 amide bonds. The highest BCUT2D eigenvalue weighted by Gasteiger charge is 2.09. The van der Waals surface area contributed by atoms with Crippen LogP contribution in [0.2, 0.25) is 5.02 Å². The SMILES string of the molecule is COc1ccc(Cl)cc1Nc1ccccc1CC(=O)O. The minimum Gasteiger partial charge on any atom is -0.495 e. The number of hydrogen-bond donors (Lipinski definition) is 2. The van der Waals surface area contributed by atoms with Crippen molar-refractivity contribution in [3.05, 3.63) is 53.1 Å². The van der Waals surface area contributed by atoms with Gasteiger partial charge in [-0.2, -0.15) is 0 Å². The Balaban J connectivity index is 2.34. The summed E-state index contributed by atoms with van der Waals surface area (Å²) in [6, 6.07) is 12.5. The van der Waals surface area contributed by atoms with Gasteiger partial charge in [0, 0.05) is 10.7 Å². The monoisotopic (exact) mass is 291 g/mol. The van der Waals surface area contributed by atoms with Crippen molar-refractivity contribution in [1.29, 1.82) is 0 Å². The van der Waals surface area contributed by atoms with Crippen LogP contribution in [0.4, 0.5) is 11.4 Å². The van der Waals surface area contributed by atoms with Crippen LogP contribution in [-0.4, -0.2) is 18.2 Å². The number of hydrogen-bond acceptors (Lipinski definition) is 3. The average molecular weight is 292 g/mol. The van der Waals surface area contributed by atoms with E-state index in [-0.39, 0.29) is 6.42 Å². The summed E-state index contributed by atoms with van der Waals surface area (Å²) in [7, 11) is 1.57. The summed E-state index contributed by atoms with van der Waals surface area (Å²) in [6.07, 6.45) is -0.0495. The number of carboxylic acid groups (broad SMARTS) is 1. The molecule has 0 aliphatic heterocycles. The number of benzene rings is 2. The molecule has 0 unspecified atom stereocenters. The lowest BCUT2D eigenvalue weighted by molar-refractivity contribution is -0.136. The second kappa shape index (κ2) is 6.30. The van der Waals surface area contributed by atoms with Crippen molar-refractivity contribution in [3.63, 3.8) is 0 Å². The number of carbonyl (C=O) groups is 1. The zero-order valence-corrected chi connectivity index (χ0v) is 11.6. The van der Waals surface area contributed by atoms with Gasteiger partial charge in [-0.25, -0.2) is 0 Å². The third kappa shape index (κ3) is 3.42. The summed E-state index contributed by atoms with van der Waals surface area (Å²) in [5, 5.41) is 12.7. The van der Waals surface area contributed by atoms with Crippen LogP contribution < -0.4 is 10.1 Å². The lowest BCUT2D eigenvalue weighted by Gasteiger charge is -2.14. The molecule has 0 fully saturated rings. The Labute approximate surface area is 122 Å². The molecule has 0 saturated carbocycles. The van der Waals surface area contributed by atoms with E-state index >= 15 is 0 Å². The molecule has 2 rings (SSSR count). The van der Waals surface area contributed by atoms with E-state index in [1.807, 2.05) is 12.1 Å². The number of rotatable bonds is 5. The number of carboxylic acids is 1. The quantitative estimate of drug-likeness (QED) is 0.881. The van der Waals surface area contributed by atoms with Crippen LogP contribution in [0.5, 0.6) is 5.75 Å². The molecule has 104 valence electrons. The molecule has 0 aromatic heterocycles. The van der Waals surface area contributed by atoms with Crippen LogP contribution in [0.25, 0.3) is 0 Å². The fourth-order valence-electron chi connectivity index (χ4n) is 1.88. The first-order valence-corrected chi connectivity index (χ1v) is 6.38. The zero-order chi connectivity index (χ0) is 14.5. The molecule has 0 radical (unpaired) electrons. The van der Waals surface area contributed by atoms with Crippen molar-refractivity contribution in [2.75, 3.05) is 12.4 Å². The molecule has 20 heavy (non-hydrogen) atoms. The van der Waals surface area contributed by atoms with Crippen LogP contribution in [0.15, 0.2) is 42.5 Å². The highest BCUT2D eigenvalue weighted by molar-refractivity contribution is 6.31. The average Bonchev–Trinajstić information content (AvgIpc) is 2.41. The minimum atomic E-state index is -0.877. The van der Waals surface area contributed by atoms with Crippen LogP contribution in [0.1, 0.15) is 5.56 Å². The summed E-state index contributed by atoms with van der Waals surface area (Å²) in [6.45, 7) is 0. The molecular weight excluding hydrogens is 278 g/mol. The largest absolute Gasteiger partial charge is 0.495 e. The van der Waals surface area contributed by atoms with Gasteiger partial charge in [0.2, 0.25) is 0 Å². The smallest absolute Gasteiger partial charge is 0.307 e. The molecule has 5 heteroatoms. The molecule has 4 nitrogen and oxygen atoms in total. The molecule has 2 N–H and O–H groups in total. The van der Waals surface area contributed by atoms with Crippen molar-refractivity contribution >= 4 is 28.9 Å². The lowest BCUT2D eigenvalue weighted by atomic mass is 10.1. The molecule has 0 spiro atoms. The second-order valence-electron chi connectivity index (χ2n) is 4.20. The number of methoxy groups -OCH3 is 1. The molecule has 0 bridgehead atoms. The maximum atomic E-state index is 10.9. The topological polar surface area (TPSA) is 58.6 Å². The van der Waals surface area contributed by atoms with Crippen LogP contribution in [0, 0.1) is 0 Å². The van der Waals surface area contributed by atoms with E-state index in [9.17, 15) is 4.79 Å². The van der Waals surface area contributed by atoms with Crippen LogP contribution in [-0.2, 0) is 11.2 Å². The minimum absolute atomic E-state index is 0.0495. The number of nitrogens with one attached hydrogen (secondary N) is 1. The van der Waals surface area contributed by atoms with Crippen molar-refractivity contribution in [2.24, 2.45) is 0 Å². The first-order valence-electron chi connectivity index (χ1n) is 6.00. The van der Waals surface area contributed by atoms with Crippen molar-refractivity contribution < 1.29 is 14.6 Å². The van der Waals surface area contributed by atoms with Crippen LogP contribution in [0.3, 0.4) is 0 Å². The van der Waals surface area contributed by atoms with Gasteiger partial charge < -0.3 is 15.2 Å². The Hall–Kier alpha value is -2.20. The van der Waals surface area contributed by atoms with E-state index in [0.717, 1.165) is 5.69 Å². The van der Waals surface area contributed by atoms with Gasteiger partial charge in [-0.15, -0.1) is 0 Å². The summed E-state index contributed by atoms with van der Waals surface area (Å²) in [4.78, 5) is 10.9. The molecule has 0 saturated heterocycles. The predicted octanol–water partition coefficient (Wildman–Crippen LogP) is 3.72. The van der Waals surface area contributed by atoms with Crippen LogP contribution >= 0.6 is 11.6 Å². The summed E-state index contributed by atoms with van der Waals surface area (Å²) >= 11 is 5.97. The Morgan fingerprint density at radius 1 is 1.25 bits per heavy atom. The first kappa shape index (κ1) is 14.2. The maximum absolute atomic E-state index is 10.9.